The summed E-state index contributed by atoms with van der Waals surface area (Å²) in [7, 11) is 1.91. The van der Waals surface area contributed by atoms with Gasteiger partial charge in [-0.1, -0.05) is 30.3 Å². The molecule has 100 valence electrons. The summed E-state index contributed by atoms with van der Waals surface area (Å²) in [6.45, 7) is 1.03. The Hall–Kier alpha value is -2.43. The fourth-order valence-corrected chi connectivity index (χ4v) is 2.84. The SMILES string of the molecule is Cn1ncc2c(N3CCC3c3ccccc3)ncnc21. The molecule has 1 aliphatic rings. The zero-order valence-electron chi connectivity index (χ0n) is 11.3. The van der Waals surface area contributed by atoms with Crippen molar-refractivity contribution < 1.29 is 0 Å². The van der Waals surface area contributed by atoms with Gasteiger partial charge in [0.1, 0.15) is 12.1 Å². The average molecular weight is 265 g/mol. The van der Waals surface area contributed by atoms with Crippen LogP contribution < -0.4 is 4.90 Å². The van der Waals surface area contributed by atoms with Crippen LogP contribution in [0.15, 0.2) is 42.9 Å². The molecule has 0 amide bonds. The predicted molar refractivity (Wildman–Crippen MR) is 77.5 cm³/mol. The standard InChI is InChI=1S/C15H15N5/c1-19-14-12(9-18-19)15(17-10-16-14)20-8-7-13(20)11-5-3-2-4-6-11/h2-6,9-10,13H,7-8H2,1H3. The van der Waals surface area contributed by atoms with Crippen LogP contribution in [0.25, 0.3) is 11.0 Å². The van der Waals surface area contributed by atoms with Crippen molar-refractivity contribution in [3.05, 3.63) is 48.4 Å². The van der Waals surface area contributed by atoms with Crippen molar-refractivity contribution >= 4 is 16.9 Å². The van der Waals surface area contributed by atoms with Crippen molar-refractivity contribution in [1.82, 2.24) is 19.7 Å². The molecule has 0 radical (unpaired) electrons. The van der Waals surface area contributed by atoms with E-state index in [1.54, 1.807) is 11.0 Å². The van der Waals surface area contributed by atoms with Crippen molar-refractivity contribution in [3.8, 4) is 0 Å². The summed E-state index contributed by atoms with van der Waals surface area (Å²) in [5, 5.41) is 5.31. The number of aryl methyl sites for hydroxylation is 1. The first kappa shape index (κ1) is 11.4. The number of hydrogen-bond donors (Lipinski definition) is 0. The van der Waals surface area contributed by atoms with Crippen molar-refractivity contribution in [2.75, 3.05) is 11.4 Å². The van der Waals surface area contributed by atoms with Gasteiger partial charge in [-0.15, -0.1) is 0 Å². The maximum atomic E-state index is 4.48. The van der Waals surface area contributed by atoms with Crippen LogP contribution in [0.5, 0.6) is 0 Å². The molecule has 1 atom stereocenters. The number of hydrogen-bond acceptors (Lipinski definition) is 4. The molecular weight excluding hydrogens is 250 g/mol. The molecule has 3 aromatic rings. The fourth-order valence-electron chi connectivity index (χ4n) is 2.84. The fraction of sp³-hybridized carbons (Fsp3) is 0.267. The van der Waals surface area contributed by atoms with Crippen molar-refractivity contribution in [2.45, 2.75) is 12.5 Å². The Kier molecular flexibility index (Phi) is 2.45. The zero-order chi connectivity index (χ0) is 13.5. The zero-order valence-corrected chi connectivity index (χ0v) is 11.3. The van der Waals surface area contributed by atoms with Gasteiger partial charge in [0, 0.05) is 13.6 Å². The van der Waals surface area contributed by atoms with E-state index in [1.807, 2.05) is 13.2 Å². The molecule has 0 saturated carbocycles. The highest BCUT2D eigenvalue weighted by molar-refractivity contribution is 5.87. The highest BCUT2D eigenvalue weighted by Gasteiger charge is 2.31. The molecule has 20 heavy (non-hydrogen) atoms. The van der Waals surface area contributed by atoms with Crippen LogP contribution in [0.4, 0.5) is 5.82 Å². The van der Waals surface area contributed by atoms with Gasteiger partial charge in [-0.2, -0.15) is 5.10 Å². The van der Waals surface area contributed by atoms with E-state index in [1.165, 1.54) is 5.56 Å². The van der Waals surface area contributed by atoms with Crippen LogP contribution in [0.1, 0.15) is 18.0 Å². The third-order valence-corrected chi connectivity index (χ3v) is 3.98. The van der Waals surface area contributed by atoms with E-state index in [0.29, 0.717) is 6.04 Å². The number of nitrogens with zero attached hydrogens (tertiary/aromatic N) is 5. The lowest BCUT2D eigenvalue weighted by molar-refractivity contribution is 0.462. The third-order valence-electron chi connectivity index (χ3n) is 3.98. The first-order chi connectivity index (χ1) is 9.84. The summed E-state index contributed by atoms with van der Waals surface area (Å²) < 4.78 is 1.79. The maximum Gasteiger partial charge on any atom is 0.163 e. The average Bonchev–Trinajstić information content (AvgIpc) is 2.82. The van der Waals surface area contributed by atoms with Gasteiger partial charge < -0.3 is 4.90 Å². The van der Waals surface area contributed by atoms with Gasteiger partial charge >= 0.3 is 0 Å². The lowest BCUT2D eigenvalue weighted by atomic mass is 9.94. The largest absolute Gasteiger partial charge is 0.349 e. The number of fused-ring (bicyclic) bond motifs is 1. The van der Waals surface area contributed by atoms with E-state index in [9.17, 15) is 0 Å². The molecular formula is C15H15N5. The van der Waals surface area contributed by atoms with E-state index < -0.39 is 0 Å². The number of rotatable bonds is 2. The minimum absolute atomic E-state index is 0.412. The Morgan fingerprint density at radius 2 is 2.00 bits per heavy atom. The summed E-state index contributed by atoms with van der Waals surface area (Å²) in [6.07, 6.45) is 4.64. The molecule has 1 aromatic carbocycles. The summed E-state index contributed by atoms with van der Waals surface area (Å²) >= 11 is 0. The minimum Gasteiger partial charge on any atom is -0.349 e. The van der Waals surface area contributed by atoms with Gasteiger partial charge in [0.25, 0.3) is 0 Å². The van der Waals surface area contributed by atoms with Crippen LogP contribution in [0, 0.1) is 0 Å². The van der Waals surface area contributed by atoms with Gasteiger partial charge in [-0.3, -0.25) is 4.68 Å². The second kappa shape index (κ2) is 4.30. The number of aromatic nitrogens is 4. The molecule has 1 saturated heterocycles. The second-order valence-electron chi connectivity index (χ2n) is 5.11. The van der Waals surface area contributed by atoms with Gasteiger partial charge in [-0.25, -0.2) is 9.97 Å². The Morgan fingerprint density at radius 3 is 2.75 bits per heavy atom. The number of benzene rings is 1. The third kappa shape index (κ3) is 1.59. The molecule has 0 bridgehead atoms. The molecule has 0 N–H and O–H groups in total. The first-order valence-corrected chi connectivity index (χ1v) is 6.79. The topological polar surface area (TPSA) is 46.8 Å². The van der Waals surface area contributed by atoms with Crippen molar-refractivity contribution in [2.24, 2.45) is 7.05 Å². The van der Waals surface area contributed by atoms with E-state index >= 15 is 0 Å². The van der Waals surface area contributed by atoms with Crippen molar-refractivity contribution in [1.29, 1.82) is 0 Å². The second-order valence-corrected chi connectivity index (χ2v) is 5.11. The Labute approximate surface area is 116 Å². The summed E-state index contributed by atoms with van der Waals surface area (Å²) in [5.41, 5.74) is 2.23. The van der Waals surface area contributed by atoms with E-state index in [2.05, 4.69) is 50.3 Å². The van der Waals surface area contributed by atoms with Gasteiger partial charge in [0.05, 0.1) is 17.6 Å². The molecule has 3 heterocycles. The molecule has 5 heteroatoms. The Balaban J connectivity index is 1.77. The molecule has 1 unspecified atom stereocenters. The van der Waals surface area contributed by atoms with E-state index in [4.69, 9.17) is 0 Å². The maximum absolute atomic E-state index is 4.48. The quantitative estimate of drug-likeness (QED) is 0.713. The predicted octanol–water partition coefficient (Wildman–Crippen LogP) is 2.31. The summed E-state index contributed by atoms with van der Waals surface area (Å²) in [5.74, 6) is 0.989. The molecule has 0 spiro atoms. The van der Waals surface area contributed by atoms with Crippen LogP contribution in [0.2, 0.25) is 0 Å². The first-order valence-electron chi connectivity index (χ1n) is 6.79. The smallest absolute Gasteiger partial charge is 0.163 e. The summed E-state index contributed by atoms with van der Waals surface area (Å²) in [6, 6.07) is 11.0. The van der Waals surface area contributed by atoms with Crippen LogP contribution in [-0.4, -0.2) is 26.3 Å². The monoisotopic (exact) mass is 265 g/mol. The lowest BCUT2D eigenvalue weighted by Gasteiger charge is -2.42. The van der Waals surface area contributed by atoms with Crippen molar-refractivity contribution in [3.63, 3.8) is 0 Å². The highest BCUT2D eigenvalue weighted by atomic mass is 15.3. The lowest BCUT2D eigenvalue weighted by Crippen LogP contribution is -2.41. The van der Waals surface area contributed by atoms with E-state index in [0.717, 1.165) is 29.8 Å². The normalized spacial score (nSPS) is 18.2. The molecule has 4 rings (SSSR count). The molecule has 1 fully saturated rings. The van der Waals surface area contributed by atoms with Gasteiger partial charge in [0.2, 0.25) is 0 Å². The number of anilines is 1. The molecule has 0 aliphatic carbocycles. The Bertz CT molecular complexity index is 749. The molecule has 2 aromatic heterocycles. The Morgan fingerprint density at radius 1 is 1.15 bits per heavy atom. The van der Waals surface area contributed by atoms with Crippen LogP contribution in [0.3, 0.4) is 0 Å². The summed E-state index contributed by atoms with van der Waals surface area (Å²) in [4.78, 5) is 11.1. The molecule has 1 aliphatic heterocycles. The highest BCUT2D eigenvalue weighted by Crippen LogP contribution is 2.38. The van der Waals surface area contributed by atoms with Gasteiger partial charge in [0.15, 0.2) is 5.65 Å². The van der Waals surface area contributed by atoms with E-state index in [-0.39, 0.29) is 0 Å². The van der Waals surface area contributed by atoms with Crippen LogP contribution in [-0.2, 0) is 7.05 Å². The molecule has 5 nitrogen and oxygen atoms in total. The van der Waals surface area contributed by atoms with Crippen LogP contribution >= 0.6 is 0 Å². The van der Waals surface area contributed by atoms with Gasteiger partial charge in [-0.05, 0) is 12.0 Å². The minimum atomic E-state index is 0.412.